The number of aromatic carboxylic acids is 1. The molecule has 3 aromatic carbocycles. The minimum atomic E-state index is -1.23. The molecule has 39 heavy (non-hydrogen) atoms. The zero-order chi connectivity index (χ0) is 27.7. The molecule has 0 aliphatic heterocycles. The summed E-state index contributed by atoms with van der Waals surface area (Å²) in [7, 11) is 1.16. The molecule has 10 nitrogen and oxygen atoms in total. The maximum absolute atomic E-state index is 13.0. The number of nitrogens with two attached hydrogens (primary N) is 1. The number of carbonyl (C=O) groups is 3. The number of aromatic nitrogens is 1. The molecule has 1 amide bonds. The highest BCUT2D eigenvalue weighted by molar-refractivity contribution is 5.98. The first-order valence-electron chi connectivity index (χ1n) is 11.8. The van der Waals surface area contributed by atoms with E-state index in [2.05, 4.69) is 5.32 Å². The summed E-state index contributed by atoms with van der Waals surface area (Å²) in [4.78, 5) is 37.1. The number of carboxylic acid groups (broad SMARTS) is 1. The first kappa shape index (κ1) is 25.1. The Morgan fingerprint density at radius 3 is 2.28 bits per heavy atom. The summed E-state index contributed by atoms with van der Waals surface area (Å²) >= 11 is 0. The van der Waals surface area contributed by atoms with Gasteiger partial charge in [-0.3, -0.25) is 5.32 Å². The van der Waals surface area contributed by atoms with E-state index < -0.39 is 18.0 Å². The Balaban J connectivity index is 1.46. The summed E-state index contributed by atoms with van der Waals surface area (Å²) < 4.78 is 11.7. The number of hydrogen-bond acceptors (Lipinski definition) is 7. The van der Waals surface area contributed by atoms with Crippen LogP contribution in [0.15, 0.2) is 72.9 Å². The van der Waals surface area contributed by atoms with Gasteiger partial charge in [0, 0.05) is 12.1 Å². The molecule has 1 aliphatic rings. The number of nitriles is 1. The maximum Gasteiger partial charge on any atom is 0.411 e. The number of nitrogens with one attached hydrogen (secondary N) is 1. The largest absolute Gasteiger partial charge is 0.478 e. The van der Waals surface area contributed by atoms with Crippen LogP contribution in [0.2, 0.25) is 0 Å². The van der Waals surface area contributed by atoms with Crippen molar-refractivity contribution in [3.63, 3.8) is 0 Å². The van der Waals surface area contributed by atoms with Gasteiger partial charge in [0.1, 0.15) is 12.7 Å². The van der Waals surface area contributed by atoms with Gasteiger partial charge in [-0.05, 0) is 40.5 Å². The van der Waals surface area contributed by atoms with Crippen LogP contribution in [-0.2, 0) is 9.47 Å². The van der Waals surface area contributed by atoms with Gasteiger partial charge in [-0.15, -0.1) is 0 Å². The van der Waals surface area contributed by atoms with Crippen molar-refractivity contribution in [1.29, 1.82) is 5.26 Å². The molecule has 0 bridgehead atoms. The molecule has 10 heteroatoms. The molecule has 0 radical (unpaired) electrons. The zero-order valence-electron chi connectivity index (χ0n) is 20.7. The Bertz CT molecular complexity index is 1640. The molecule has 0 spiro atoms. The second-order valence-corrected chi connectivity index (χ2v) is 8.77. The van der Waals surface area contributed by atoms with Crippen molar-refractivity contribution in [3.8, 4) is 22.9 Å². The lowest BCUT2D eigenvalue weighted by Crippen LogP contribution is -2.20. The van der Waals surface area contributed by atoms with E-state index in [1.807, 2.05) is 54.6 Å². The number of anilines is 2. The van der Waals surface area contributed by atoms with E-state index in [0.717, 1.165) is 29.4 Å². The number of nitrogens with zero attached hydrogens (tertiary/aromatic N) is 2. The van der Waals surface area contributed by atoms with Crippen LogP contribution in [0, 0.1) is 11.3 Å². The van der Waals surface area contributed by atoms with E-state index in [9.17, 15) is 24.8 Å². The van der Waals surface area contributed by atoms with Gasteiger partial charge < -0.3 is 24.9 Å². The third-order valence-electron chi connectivity index (χ3n) is 6.63. The first-order chi connectivity index (χ1) is 18.8. The molecule has 194 valence electrons. The van der Waals surface area contributed by atoms with Crippen molar-refractivity contribution >= 4 is 29.4 Å². The van der Waals surface area contributed by atoms with Gasteiger partial charge in [0.15, 0.2) is 5.69 Å². The second-order valence-electron chi connectivity index (χ2n) is 8.77. The Morgan fingerprint density at radius 1 is 1.05 bits per heavy atom. The van der Waals surface area contributed by atoms with Gasteiger partial charge in [0.2, 0.25) is 0 Å². The lowest BCUT2D eigenvalue weighted by molar-refractivity contribution is 0.0592. The van der Waals surface area contributed by atoms with Crippen molar-refractivity contribution in [1.82, 2.24) is 4.57 Å². The molecule has 1 aromatic heterocycles. The van der Waals surface area contributed by atoms with Crippen LogP contribution >= 0.6 is 0 Å². The number of nitrogen functional groups attached to an aromatic ring is 1. The molecule has 4 N–H and O–H groups in total. The molecule has 0 atom stereocenters. The lowest BCUT2D eigenvalue weighted by Gasteiger charge is -2.17. The first-order valence-corrected chi connectivity index (χ1v) is 11.8. The van der Waals surface area contributed by atoms with E-state index >= 15 is 0 Å². The summed E-state index contributed by atoms with van der Waals surface area (Å²) in [5.74, 6) is -2.22. The molecule has 0 unspecified atom stereocenters. The summed E-state index contributed by atoms with van der Waals surface area (Å²) in [5.41, 5.74) is 10.1. The number of benzene rings is 3. The van der Waals surface area contributed by atoms with E-state index in [1.165, 1.54) is 29.0 Å². The third kappa shape index (κ3) is 4.42. The molecule has 5 rings (SSSR count). The maximum atomic E-state index is 13.0. The fourth-order valence-corrected chi connectivity index (χ4v) is 4.83. The molecule has 0 saturated heterocycles. The number of rotatable bonds is 6. The van der Waals surface area contributed by atoms with Crippen LogP contribution in [0.3, 0.4) is 0 Å². The number of methoxy groups -OCH3 is 1. The van der Waals surface area contributed by atoms with Gasteiger partial charge in [0.25, 0.3) is 0 Å². The molecular formula is C29H22N4O6. The molecule has 0 fully saturated rings. The highest BCUT2D eigenvalue weighted by Gasteiger charge is 2.29. The van der Waals surface area contributed by atoms with E-state index in [0.29, 0.717) is 0 Å². The van der Waals surface area contributed by atoms with E-state index in [4.69, 9.17) is 15.2 Å². The number of esters is 1. The summed E-state index contributed by atoms with van der Waals surface area (Å²) in [6.07, 6.45) is 0.473. The van der Waals surface area contributed by atoms with Gasteiger partial charge in [-0.25, -0.2) is 14.4 Å². The molecular weight excluding hydrogens is 500 g/mol. The molecule has 0 saturated carbocycles. The van der Waals surface area contributed by atoms with E-state index in [-0.39, 0.29) is 46.4 Å². The minimum Gasteiger partial charge on any atom is -0.478 e. The van der Waals surface area contributed by atoms with Crippen molar-refractivity contribution in [3.05, 3.63) is 101 Å². The van der Waals surface area contributed by atoms with Crippen molar-refractivity contribution in [2.24, 2.45) is 0 Å². The Kier molecular flexibility index (Phi) is 6.48. The number of hydrogen-bond donors (Lipinski definition) is 3. The molecule has 1 aliphatic carbocycles. The smallest absolute Gasteiger partial charge is 0.411 e. The van der Waals surface area contributed by atoms with Crippen LogP contribution in [0.5, 0.6) is 0 Å². The number of fused-ring (bicyclic) bond motifs is 3. The average Bonchev–Trinajstić information content (AvgIpc) is 3.45. The monoisotopic (exact) mass is 522 g/mol. The normalized spacial score (nSPS) is 11.7. The second kappa shape index (κ2) is 10.1. The Labute approximate surface area is 222 Å². The average molecular weight is 523 g/mol. The number of carboxylic acids is 1. The quantitative estimate of drug-likeness (QED) is 0.306. The highest BCUT2D eigenvalue weighted by Crippen LogP contribution is 2.44. The number of ether oxygens (including phenoxy) is 2. The summed E-state index contributed by atoms with van der Waals surface area (Å²) in [5, 5.41) is 21.5. The topological polar surface area (TPSA) is 157 Å². The minimum absolute atomic E-state index is 0.00445. The van der Waals surface area contributed by atoms with Gasteiger partial charge in [-0.2, -0.15) is 5.26 Å². The Hall–Kier alpha value is -5.56. The van der Waals surface area contributed by atoms with Crippen molar-refractivity contribution in [2.45, 2.75) is 5.92 Å². The van der Waals surface area contributed by atoms with Crippen molar-refractivity contribution < 1.29 is 29.0 Å². The van der Waals surface area contributed by atoms with Crippen LogP contribution in [0.4, 0.5) is 16.2 Å². The number of carbonyl (C=O) groups excluding carboxylic acids is 2. The molecule has 1 heterocycles. The predicted octanol–water partition coefficient (Wildman–Crippen LogP) is 4.78. The SMILES string of the molecule is COC(=O)c1c(N)c(C#N)cn1-c1ccc(C(=O)O)cc1NC(=O)OCC1c2ccccc2-c2ccccc21. The van der Waals surface area contributed by atoms with Crippen LogP contribution in [0.25, 0.3) is 16.8 Å². The van der Waals surface area contributed by atoms with E-state index in [1.54, 1.807) is 0 Å². The Morgan fingerprint density at radius 2 is 1.69 bits per heavy atom. The van der Waals surface area contributed by atoms with Crippen LogP contribution in [0.1, 0.15) is 43.5 Å². The zero-order valence-corrected chi connectivity index (χ0v) is 20.7. The fourth-order valence-electron chi connectivity index (χ4n) is 4.83. The highest BCUT2D eigenvalue weighted by atomic mass is 16.5. The van der Waals surface area contributed by atoms with Crippen LogP contribution < -0.4 is 11.1 Å². The van der Waals surface area contributed by atoms with Gasteiger partial charge >= 0.3 is 18.0 Å². The standard InChI is InChI=1S/C29H22N4O6/c1-38-28(36)26-25(31)17(13-30)14-33(26)24-11-10-16(27(34)35)12-23(24)32-29(37)39-15-22-20-8-4-2-6-18(20)19-7-3-5-9-21(19)22/h2-12,14,22H,15,31H2,1H3,(H,32,37)(H,34,35). The van der Waals surface area contributed by atoms with Gasteiger partial charge in [-0.1, -0.05) is 48.5 Å². The summed E-state index contributed by atoms with van der Waals surface area (Å²) in [6, 6.07) is 21.6. The lowest BCUT2D eigenvalue weighted by atomic mass is 9.98. The number of amides is 1. The predicted molar refractivity (Wildman–Crippen MR) is 142 cm³/mol. The van der Waals surface area contributed by atoms with Crippen molar-refractivity contribution in [2.75, 3.05) is 24.8 Å². The molecule has 4 aromatic rings. The van der Waals surface area contributed by atoms with Crippen LogP contribution in [-0.4, -0.2) is 41.4 Å². The van der Waals surface area contributed by atoms with Gasteiger partial charge in [0.05, 0.1) is 35.3 Å². The summed E-state index contributed by atoms with van der Waals surface area (Å²) in [6.45, 7) is 0.0380. The third-order valence-corrected chi connectivity index (χ3v) is 6.63. The fraction of sp³-hybridized carbons (Fsp3) is 0.103.